The Morgan fingerprint density at radius 1 is 0.350 bits per heavy atom. The van der Waals surface area contributed by atoms with Crippen molar-refractivity contribution in [2.24, 2.45) is 0 Å². The monoisotopic (exact) mass is 510 g/mol. The van der Waals surface area contributed by atoms with Crippen LogP contribution in [0.5, 0.6) is 0 Å². The highest BCUT2D eigenvalue weighted by Crippen LogP contribution is 2.42. The van der Waals surface area contributed by atoms with Gasteiger partial charge < -0.3 is 0 Å². The maximum Gasteiger partial charge on any atom is -0.00923 e. The van der Waals surface area contributed by atoms with Crippen molar-refractivity contribution in [2.45, 2.75) is 0 Å². The molecule has 0 spiro atoms. The first-order valence-electron chi connectivity index (χ1n) is 13.5. The summed E-state index contributed by atoms with van der Waals surface area (Å²) in [5.41, 5.74) is 11.3. The van der Waals surface area contributed by atoms with Gasteiger partial charge in [0.25, 0.3) is 0 Å². The second-order valence-electron chi connectivity index (χ2n) is 9.88. The minimum atomic E-state index is 1.06. The van der Waals surface area contributed by atoms with Crippen molar-refractivity contribution in [1.82, 2.24) is 0 Å². The predicted octanol–water partition coefficient (Wildman–Crippen LogP) is 11.6. The number of hydrogen-bond acceptors (Lipinski definition) is 0. The molecule has 0 atom stereocenters. The van der Waals surface area contributed by atoms with Crippen LogP contribution in [0.2, 0.25) is 0 Å². The van der Waals surface area contributed by atoms with Crippen molar-refractivity contribution in [1.29, 1.82) is 0 Å². The number of fused-ring (bicyclic) bond motifs is 3. The quantitative estimate of drug-likeness (QED) is 0.187. The van der Waals surface area contributed by atoms with Gasteiger partial charge in [-0.1, -0.05) is 148 Å². The van der Waals surface area contributed by atoms with Crippen LogP contribution in [0.15, 0.2) is 136 Å². The molecule has 0 nitrogen and oxygen atoms in total. The Hall–Kier alpha value is -5.20. The van der Waals surface area contributed by atoms with E-state index in [2.05, 4.69) is 129 Å². The van der Waals surface area contributed by atoms with Crippen LogP contribution in [0.1, 0.15) is 22.3 Å². The van der Waals surface area contributed by atoms with E-state index in [1.54, 1.807) is 0 Å². The largest absolute Gasteiger partial charge is 0.0984 e. The number of benzene rings is 6. The number of rotatable bonds is 7. The topological polar surface area (TPSA) is 0 Å². The lowest BCUT2D eigenvalue weighted by molar-refractivity contribution is 1.56. The van der Waals surface area contributed by atoms with Gasteiger partial charge in [0.15, 0.2) is 0 Å². The summed E-state index contributed by atoms with van der Waals surface area (Å²) in [6, 6.07) is 39.0. The molecule has 190 valence electrons. The maximum absolute atomic E-state index is 4.24. The molecule has 6 aromatic rings. The van der Waals surface area contributed by atoms with Crippen molar-refractivity contribution in [3.05, 3.63) is 158 Å². The molecule has 0 aromatic heterocycles. The van der Waals surface area contributed by atoms with Gasteiger partial charge in [-0.15, -0.1) is 0 Å². The van der Waals surface area contributed by atoms with Crippen molar-refractivity contribution in [3.63, 3.8) is 0 Å². The molecular weight excluding hydrogens is 480 g/mol. The van der Waals surface area contributed by atoms with Crippen molar-refractivity contribution in [2.75, 3.05) is 0 Å². The normalized spacial score (nSPS) is 10.9. The van der Waals surface area contributed by atoms with Gasteiger partial charge in [-0.2, -0.15) is 0 Å². The third-order valence-corrected chi connectivity index (χ3v) is 7.81. The molecule has 0 N–H and O–H groups in total. The summed E-state index contributed by atoms with van der Waals surface area (Å²) in [6.45, 7) is 16.6. The zero-order chi connectivity index (χ0) is 27.6. The predicted molar refractivity (Wildman–Crippen MR) is 178 cm³/mol. The first-order chi connectivity index (χ1) is 19.7. The van der Waals surface area contributed by atoms with Gasteiger partial charge in [0.1, 0.15) is 0 Å². The lowest BCUT2D eigenvalue weighted by Gasteiger charge is -2.19. The zero-order valence-electron chi connectivity index (χ0n) is 22.5. The fourth-order valence-electron chi connectivity index (χ4n) is 5.89. The van der Waals surface area contributed by atoms with Crippen LogP contribution in [-0.2, 0) is 0 Å². The van der Waals surface area contributed by atoms with E-state index in [0.717, 1.165) is 38.8 Å². The van der Waals surface area contributed by atoms with E-state index in [1.165, 1.54) is 38.4 Å². The summed E-state index contributed by atoms with van der Waals surface area (Å²) >= 11 is 0. The lowest BCUT2D eigenvalue weighted by atomic mass is 9.84. The van der Waals surface area contributed by atoms with Crippen LogP contribution in [0.3, 0.4) is 0 Å². The fourth-order valence-corrected chi connectivity index (χ4v) is 5.89. The summed E-state index contributed by atoms with van der Waals surface area (Å²) in [5, 5.41) is 4.78. The molecule has 0 bridgehead atoms. The van der Waals surface area contributed by atoms with Gasteiger partial charge in [-0.3, -0.25) is 0 Å². The lowest BCUT2D eigenvalue weighted by Crippen LogP contribution is -1.95. The summed E-state index contributed by atoms with van der Waals surface area (Å²) < 4.78 is 0. The second kappa shape index (κ2) is 10.5. The minimum absolute atomic E-state index is 1.06. The third kappa shape index (κ3) is 4.11. The molecular formula is C40H30. The molecule has 0 aliphatic heterocycles. The molecule has 40 heavy (non-hydrogen) atoms. The van der Waals surface area contributed by atoms with Crippen molar-refractivity contribution in [3.8, 4) is 33.4 Å². The van der Waals surface area contributed by atoms with Crippen LogP contribution < -0.4 is 0 Å². The molecule has 0 amide bonds. The molecule has 0 aliphatic carbocycles. The van der Waals surface area contributed by atoms with Gasteiger partial charge in [0.05, 0.1) is 0 Å². The molecule has 0 aliphatic rings. The van der Waals surface area contributed by atoms with Crippen LogP contribution in [0.4, 0.5) is 0 Å². The van der Waals surface area contributed by atoms with Crippen LogP contribution >= 0.6 is 0 Å². The number of hydrogen-bond donors (Lipinski definition) is 0. The van der Waals surface area contributed by atoms with E-state index in [-0.39, 0.29) is 0 Å². The van der Waals surface area contributed by atoms with Gasteiger partial charge in [0.2, 0.25) is 0 Å². The van der Waals surface area contributed by atoms with E-state index in [9.17, 15) is 0 Å². The molecule has 6 rings (SSSR count). The average Bonchev–Trinajstić information content (AvgIpc) is 3.03. The Labute approximate surface area is 236 Å². The van der Waals surface area contributed by atoms with E-state index >= 15 is 0 Å². The van der Waals surface area contributed by atoms with Gasteiger partial charge in [-0.25, -0.2) is 0 Å². The third-order valence-electron chi connectivity index (χ3n) is 7.81. The van der Waals surface area contributed by atoms with Gasteiger partial charge in [0, 0.05) is 0 Å². The summed E-state index contributed by atoms with van der Waals surface area (Å²) in [7, 11) is 0. The Kier molecular flexibility index (Phi) is 6.60. The Morgan fingerprint density at radius 2 is 0.950 bits per heavy atom. The molecule has 0 radical (unpaired) electrons. The van der Waals surface area contributed by atoms with Crippen molar-refractivity contribution < 1.29 is 0 Å². The Bertz CT molecular complexity index is 1930. The molecule has 0 heteroatoms. The summed E-state index contributed by atoms with van der Waals surface area (Å²) in [6.07, 6.45) is 7.71. The van der Waals surface area contributed by atoms with E-state index < -0.39 is 0 Å². The van der Waals surface area contributed by atoms with E-state index in [0.29, 0.717) is 0 Å². The van der Waals surface area contributed by atoms with Gasteiger partial charge >= 0.3 is 0 Å². The second-order valence-corrected chi connectivity index (χ2v) is 9.88. The maximum atomic E-state index is 4.24. The fraction of sp³-hybridized carbons (Fsp3) is 0. The molecule has 0 heterocycles. The minimum Gasteiger partial charge on any atom is -0.0984 e. The summed E-state index contributed by atoms with van der Waals surface area (Å²) in [4.78, 5) is 0. The smallest absolute Gasteiger partial charge is 0.00923 e. The molecule has 0 fully saturated rings. The highest BCUT2D eigenvalue weighted by atomic mass is 14.2. The molecule has 0 saturated carbocycles. The van der Waals surface area contributed by atoms with Gasteiger partial charge in [-0.05, 0) is 89.3 Å². The summed E-state index contributed by atoms with van der Waals surface area (Å²) in [5.74, 6) is 0. The highest BCUT2D eigenvalue weighted by molar-refractivity contribution is 6.17. The Balaban J connectivity index is 1.65. The highest BCUT2D eigenvalue weighted by Gasteiger charge is 2.18. The first-order valence-corrected chi connectivity index (χ1v) is 13.5. The molecule has 0 saturated heterocycles. The zero-order valence-corrected chi connectivity index (χ0v) is 22.5. The van der Waals surface area contributed by atoms with Crippen LogP contribution in [0, 0.1) is 0 Å². The molecule has 6 aromatic carbocycles. The molecule has 0 unspecified atom stereocenters. The Morgan fingerprint density at radius 3 is 1.62 bits per heavy atom. The van der Waals surface area contributed by atoms with E-state index in [4.69, 9.17) is 0 Å². The average molecular weight is 511 g/mol. The van der Waals surface area contributed by atoms with E-state index in [1.807, 2.05) is 30.4 Å². The standard InChI is InChI=1S/C40H30/c1-5-27-17-14-20-34(31(27)6-2)38-26-40-36-19-13-12-18-35(36)37(25-39(40)33(8-4)32(38)7-3)30-23-21-29(22-24-30)28-15-10-9-11-16-28/h5-26H,1-4H2. The van der Waals surface area contributed by atoms with Crippen LogP contribution in [-0.4, -0.2) is 0 Å². The SMILES string of the molecule is C=Cc1cccc(-c2cc3c(cc(-c4ccc(-c5ccccc5)cc4)c4ccccc43)c(C=C)c2C=C)c1C=C. The van der Waals surface area contributed by atoms with Crippen molar-refractivity contribution >= 4 is 45.8 Å². The van der Waals surface area contributed by atoms with Crippen LogP contribution in [0.25, 0.3) is 79.2 Å². The first kappa shape index (κ1) is 25.1.